The van der Waals surface area contributed by atoms with Crippen LogP contribution in [0, 0.1) is 5.92 Å². The fourth-order valence-corrected chi connectivity index (χ4v) is 3.90. The second kappa shape index (κ2) is 8.05. The van der Waals surface area contributed by atoms with Crippen LogP contribution in [0.25, 0.3) is 10.9 Å². The van der Waals surface area contributed by atoms with E-state index in [-0.39, 0.29) is 18.1 Å². The number of anilines is 1. The van der Waals surface area contributed by atoms with Crippen LogP contribution in [-0.2, 0) is 9.53 Å². The predicted molar refractivity (Wildman–Crippen MR) is 103 cm³/mol. The van der Waals surface area contributed by atoms with Gasteiger partial charge in [0, 0.05) is 41.9 Å². The number of H-pyrrole nitrogens is 1. The normalized spacial score (nSPS) is 18.8. The molecule has 0 aliphatic carbocycles. The first kappa shape index (κ1) is 18.0. The summed E-state index contributed by atoms with van der Waals surface area (Å²) in [6.45, 7) is 7.42. The number of hydrogen-bond acceptors (Lipinski definition) is 2. The Balaban J connectivity index is 1.78. The number of hydrogen-bond donors (Lipinski definition) is 1. The Morgan fingerprint density at radius 2 is 2.16 bits per heavy atom. The molecule has 3 rings (SSSR count). The van der Waals surface area contributed by atoms with Gasteiger partial charge in [0.15, 0.2) is 0 Å². The molecule has 1 aromatic heterocycles. The van der Waals surface area contributed by atoms with Gasteiger partial charge in [-0.2, -0.15) is 0 Å². The summed E-state index contributed by atoms with van der Waals surface area (Å²) in [7, 11) is 0. The van der Waals surface area contributed by atoms with Crippen LogP contribution in [0.1, 0.15) is 52.9 Å². The lowest BCUT2D eigenvalue weighted by atomic mass is 10.0. The smallest absolute Gasteiger partial charge is 0.227 e. The number of nitrogens with one attached hydrogen (secondary N) is 1. The summed E-state index contributed by atoms with van der Waals surface area (Å²) < 4.78 is 5.69. The molecule has 0 bridgehead atoms. The Bertz CT molecular complexity index is 701. The highest BCUT2D eigenvalue weighted by atomic mass is 16.5. The first-order valence-corrected chi connectivity index (χ1v) is 9.55. The van der Waals surface area contributed by atoms with E-state index >= 15 is 0 Å². The molecule has 1 amide bonds. The fourth-order valence-electron chi connectivity index (χ4n) is 3.90. The third-order valence-electron chi connectivity index (χ3n) is 5.04. The van der Waals surface area contributed by atoms with Crippen LogP contribution in [0.3, 0.4) is 0 Å². The molecule has 2 heterocycles. The van der Waals surface area contributed by atoms with E-state index in [4.69, 9.17) is 4.74 Å². The second-order valence-corrected chi connectivity index (χ2v) is 7.67. The largest absolute Gasteiger partial charge is 0.378 e. The first-order chi connectivity index (χ1) is 12.0. The van der Waals surface area contributed by atoms with E-state index in [0.29, 0.717) is 12.3 Å². The van der Waals surface area contributed by atoms with Crippen molar-refractivity contribution in [1.29, 1.82) is 0 Å². The van der Waals surface area contributed by atoms with Crippen molar-refractivity contribution in [1.82, 2.24) is 4.98 Å². The monoisotopic (exact) mass is 342 g/mol. The summed E-state index contributed by atoms with van der Waals surface area (Å²) in [4.78, 5) is 18.3. The standard InChI is InChI=1S/C21H30N2O2/c1-15(2)13-16(3)23(21(24)9-7-19-5-4-12-25-19)18-6-8-20-17(14-18)10-11-22-20/h6,8,10-11,14-16,19,22H,4-5,7,9,12-13H2,1-3H3/t16-,19-/m0/s1. The number of nitrogens with zero attached hydrogens (tertiary/aromatic N) is 1. The summed E-state index contributed by atoms with van der Waals surface area (Å²) in [6, 6.07) is 8.48. The van der Waals surface area contributed by atoms with Gasteiger partial charge in [0.1, 0.15) is 0 Å². The van der Waals surface area contributed by atoms with Gasteiger partial charge < -0.3 is 14.6 Å². The maximum Gasteiger partial charge on any atom is 0.227 e. The van der Waals surface area contributed by atoms with Gasteiger partial charge in [-0.05, 0) is 62.8 Å². The molecule has 4 nitrogen and oxygen atoms in total. The number of fused-ring (bicyclic) bond motifs is 1. The minimum Gasteiger partial charge on any atom is -0.378 e. The molecule has 0 radical (unpaired) electrons. The van der Waals surface area contributed by atoms with Gasteiger partial charge in [-0.25, -0.2) is 0 Å². The Morgan fingerprint density at radius 3 is 2.88 bits per heavy atom. The van der Waals surface area contributed by atoms with Gasteiger partial charge in [0.25, 0.3) is 0 Å². The van der Waals surface area contributed by atoms with Crippen molar-refractivity contribution in [2.45, 2.75) is 65.0 Å². The number of rotatable bonds is 7. The Kier molecular flexibility index (Phi) is 5.79. The van der Waals surface area contributed by atoms with Crippen molar-refractivity contribution in [3.05, 3.63) is 30.5 Å². The van der Waals surface area contributed by atoms with Crippen LogP contribution in [0.2, 0.25) is 0 Å². The van der Waals surface area contributed by atoms with E-state index in [1.54, 1.807) is 0 Å². The van der Waals surface area contributed by atoms with E-state index in [0.717, 1.165) is 48.9 Å². The summed E-state index contributed by atoms with van der Waals surface area (Å²) in [5, 5.41) is 1.14. The number of aromatic amines is 1. The SMILES string of the molecule is CC(C)C[C@H](C)N(C(=O)CC[C@@H]1CCCO1)c1ccc2[nH]ccc2c1. The molecule has 1 aromatic carbocycles. The molecule has 25 heavy (non-hydrogen) atoms. The third kappa shape index (κ3) is 4.43. The van der Waals surface area contributed by atoms with Gasteiger partial charge >= 0.3 is 0 Å². The average Bonchev–Trinajstić information content (AvgIpc) is 3.23. The van der Waals surface area contributed by atoms with Crippen molar-refractivity contribution < 1.29 is 9.53 Å². The summed E-state index contributed by atoms with van der Waals surface area (Å²) in [6.07, 6.45) is 6.79. The van der Waals surface area contributed by atoms with Crippen molar-refractivity contribution in [3.8, 4) is 0 Å². The van der Waals surface area contributed by atoms with Crippen molar-refractivity contribution >= 4 is 22.5 Å². The zero-order valence-electron chi connectivity index (χ0n) is 15.6. The lowest BCUT2D eigenvalue weighted by molar-refractivity contribution is -0.119. The molecule has 1 aliphatic heterocycles. The quantitative estimate of drug-likeness (QED) is 0.778. The van der Waals surface area contributed by atoms with Gasteiger partial charge in [-0.3, -0.25) is 4.79 Å². The molecule has 1 fully saturated rings. The number of ether oxygens (including phenoxy) is 1. The minimum absolute atomic E-state index is 0.188. The molecular weight excluding hydrogens is 312 g/mol. The molecule has 1 aliphatic rings. The van der Waals surface area contributed by atoms with E-state index in [1.165, 1.54) is 0 Å². The summed E-state index contributed by atoms with van der Waals surface area (Å²) >= 11 is 0. The fraction of sp³-hybridized carbons (Fsp3) is 0.571. The Morgan fingerprint density at radius 1 is 1.32 bits per heavy atom. The van der Waals surface area contributed by atoms with Crippen LogP contribution in [0.5, 0.6) is 0 Å². The zero-order valence-corrected chi connectivity index (χ0v) is 15.6. The zero-order chi connectivity index (χ0) is 17.8. The molecule has 4 heteroatoms. The van der Waals surface area contributed by atoms with E-state index in [9.17, 15) is 4.79 Å². The van der Waals surface area contributed by atoms with Gasteiger partial charge in [0.05, 0.1) is 6.10 Å². The summed E-state index contributed by atoms with van der Waals surface area (Å²) in [5.41, 5.74) is 2.10. The molecule has 2 atom stereocenters. The van der Waals surface area contributed by atoms with Crippen molar-refractivity contribution in [3.63, 3.8) is 0 Å². The Labute approximate surface area is 150 Å². The minimum atomic E-state index is 0.188. The van der Waals surface area contributed by atoms with Gasteiger partial charge in [0.2, 0.25) is 5.91 Å². The highest BCUT2D eigenvalue weighted by Gasteiger charge is 2.25. The average molecular weight is 342 g/mol. The van der Waals surface area contributed by atoms with Crippen LogP contribution in [0.4, 0.5) is 5.69 Å². The van der Waals surface area contributed by atoms with Crippen LogP contribution < -0.4 is 4.90 Å². The van der Waals surface area contributed by atoms with Gasteiger partial charge in [-0.1, -0.05) is 13.8 Å². The highest BCUT2D eigenvalue weighted by Crippen LogP contribution is 2.27. The van der Waals surface area contributed by atoms with Crippen LogP contribution in [0.15, 0.2) is 30.5 Å². The molecule has 0 spiro atoms. The molecule has 0 unspecified atom stereocenters. The highest BCUT2D eigenvalue weighted by molar-refractivity contribution is 5.96. The lowest BCUT2D eigenvalue weighted by Gasteiger charge is -2.31. The molecular formula is C21H30N2O2. The van der Waals surface area contributed by atoms with Gasteiger partial charge in [-0.15, -0.1) is 0 Å². The maximum absolute atomic E-state index is 13.1. The predicted octanol–water partition coefficient (Wildman–Crippen LogP) is 4.89. The number of carbonyl (C=O) groups excluding carboxylic acids is 1. The number of amides is 1. The molecule has 2 aromatic rings. The van der Waals surface area contributed by atoms with E-state index in [2.05, 4.69) is 50.0 Å². The third-order valence-corrected chi connectivity index (χ3v) is 5.04. The first-order valence-electron chi connectivity index (χ1n) is 9.55. The number of benzene rings is 1. The molecule has 136 valence electrons. The van der Waals surface area contributed by atoms with Crippen molar-refractivity contribution in [2.24, 2.45) is 5.92 Å². The molecule has 0 saturated carbocycles. The van der Waals surface area contributed by atoms with E-state index < -0.39 is 0 Å². The maximum atomic E-state index is 13.1. The second-order valence-electron chi connectivity index (χ2n) is 7.67. The van der Waals surface area contributed by atoms with Crippen LogP contribution >= 0.6 is 0 Å². The molecule has 1 N–H and O–H groups in total. The lowest BCUT2D eigenvalue weighted by Crippen LogP contribution is -2.39. The number of aromatic nitrogens is 1. The summed E-state index contributed by atoms with van der Waals surface area (Å²) in [5.74, 6) is 0.762. The van der Waals surface area contributed by atoms with Crippen LogP contribution in [-0.4, -0.2) is 29.6 Å². The Hall–Kier alpha value is -1.81. The van der Waals surface area contributed by atoms with Crippen molar-refractivity contribution in [2.75, 3.05) is 11.5 Å². The number of carbonyl (C=O) groups is 1. The topological polar surface area (TPSA) is 45.3 Å². The van der Waals surface area contributed by atoms with E-state index in [1.807, 2.05) is 11.1 Å². The molecule has 1 saturated heterocycles.